The van der Waals surface area contributed by atoms with Gasteiger partial charge in [-0.2, -0.15) is 0 Å². The number of methoxy groups -OCH3 is 1. The molecule has 0 heterocycles. The van der Waals surface area contributed by atoms with Crippen molar-refractivity contribution >= 4 is 29.6 Å². The normalized spacial score (nSPS) is 9.59. The van der Waals surface area contributed by atoms with Crippen molar-refractivity contribution in [3.05, 3.63) is 24.3 Å². The molecular formula is C11H13NO4S. The molecule has 0 fully saturated rings. The number of carbonyl (C=O) groups is 2. The lowest BCUT2D eigenvalue weighted by atomic mass is 10.3. The highest BCUT2D eigenvalue weighted by molar-refractivity contribution is 7.97. The SMILES string of the molecule is CCOC(=O)N(C(=O)S)c1ccc(OC)cc1. The second-order valence-electron chi connectivity index (χ2n) is 3.01. The molecule has 0 N–H and O–H groups in total. The summed E-state index contributed by atoms with van der Waals surface area (Å²) in [7, 11) is 1.53. The van der Waals surface area contributed by atoms with Crippen molar-refractivity contribution in [2.75, 3.05) is 18.6 Å². The highest BCUT2D eigenvalue weighted by Crippen LogP contribution is 2.21. The Hall–Kier alpha value is -1.69. The fourth-order valence-corrected chi connectivity index (χ4v) is 1.41. The van der Waals surface area contributed by atoms with Crippen LogP contribution >= 0.6 is 12.6 Å². The van der Waals surface area contributed by atoms with Gasteiger partial charge in [0.15, 0.2) is 0 Å². The number of nitrogens with zero attached hydrogens (tertiary/aromatic N) is 1. The molecule has 0 saturated heterocycles. The van der Waals surface area contributed by atoms with Gasteiger partial charge in [-0.3, -0.25) is 4.79 Å². The molecule has 2 amide bonds. The first-order valence-corrected chi connectivity index (χ1v) is 5.38. The molecule has 0 aliphatic carbocycles. The Morgan fingerprint density at radius 2 is 1.88 bits per heavy atom. The molecule has 0 aliphatic rings. The van der Waals surface area contributed by atoms with E-state index in [4.69, 9.17) is 9.47 Å². The van der Waals surface area contributed by atoms with E-state index >= 15 is 0 Å². The summed E-state index contributed by atoms with van der Waals surface area (Å²) in [6.07, 6.45) is -0.752. The maximum atomic E-state index is 11.5. The number of carbonyl (C=O) groups excluding carboxylic acids is 2. The van der Waals surface area contributed by atoms with Gasteiger partial charge in [0.2, 0.25) is 0 Å². The minimum absolute atomic E-state index is 0.187. The van der Waals surface area contributed by atoms with E-state index in [0.717, 1.165) is 4.90 Å². The first-order valence-electron chi connectivity index (χ1n) is 4.94. The number of amides is 2. The Bertz CT molecular complexity index is 404. The first kappa shape index (κ1) is 13.4. The summed E-state index contributed by atoms with van der Waals surface area (Å²) in [6, 6.07) is 6.42. The lowest BCUT2D eigenvalue weighted by molar-refractivity contribution is 0.161. The van der Waals surface area contributed by atoms with Crippen molar-refractivity contribution in [2.45, 2.75) is 6.92 Å². The minimum Gasteiger partial charge on any atom is -0.497 e. The third kappa shape index (κ3) is 3.39. The van der Waals surface area contributed by atoms with Crippen LogP contribution in [0, 0.1) is 0 Å². The van der Waals surface area contributed by atoms with Gasteiger partial charge >= 0.3 is 6.09 Å². The number of ether oxygens (including phenoxy) is 2. The largest absolute Gasteiger partial charge is 0.497 e. The van der Waals surface area contributed by atoms with Gasteiger partial charge < -0.3 is 9.47 Å². The number of hydrogen-bond acceptors (Lipinski definition) is 4. The van der Waals surface area contributed by atoms with E-state index in [9.17, 15) is 9.59 Å². The summed E-state index contributed by atoms with van der Waals surface area (Å²) in [4.78, 5) is 23.7. The summed E-state index contributed by atoms with van der Waals surface area (Å²) in [5.74, 6) is 0.629. The Labute approximate surface area is 105 Å². The number of hydrogen-bond donors (Lipinski definition) is 1. The van der Waals surface area contributed by atoms with E-state index in [0.29, 0.717) is 11.4 Å². The summed E-state index contributed by atoms with van der Waals surface area (Å²) >= 11 is 3.64. The molecule has 0 spiro atoms. The average Bonchev–Trinajstić information content (AvgIpc) is 2.30. The monoisotopic (exact) mass is 255 g/mol. The van der Waals surface area contributed by atoms with Gasteiger partial charge in [-0.25, -0.2) is 9.69 Å². The molecule has 17 heavy (non-hydrogen) atoms. The maximum Gasteiger partial charge on any atom is 0.421 e. The standard InChI is InChI=1S/C11H13NO4S/c1-3-16-10(13)12(11(14)17)8-4-6-9(15-2)7-5-8/h4-7H,3H2,1-2H3,(H,14,17). The molecule has 0 radical (unpaired) electrons. The number of thiol groups is 1. The lowest BCUT2D eigenvalue weighted by Gasteiger charge is -2.17. The molecular weight excluding hydrogens is 242 g/mol. The van der Waals surface area contributed by atoms with Crippen LogP contribution in [-0.4, -0.2) is 25.0 Å². The summed E-state index contributed by atoms with van der Waals surface area (Å²) < 4.78 is 9.74. The highest BCUT2D eigenvalue weighted by atomic mass is 32.1. The predicted octanol–water partition coefficient (Wildman–Crippen LogP) is 2.71. The number of benzene rings is 1. The average molecular weight is 255 g/mol. The van der Waals surface area contributed by atoms with E-state index in [1.807, 2.05) is 0 Å². The fraction of sp³-hybridized carbons (Fsp3) is 0.273. The zero-order valence-corrected chi connectivity index (χ0v) is 10.4. The van der Waals surface area contributed by atoms with Gasteiger partial charge in [-0.05, 0) is 31.2 Å². The van der Waals surface area contributed by atoms with Crippen LogP contribution in [0.15, 0.2) is 24.3 Å². The Kier molecular flexibility index (Phi) is 4.84. The number of imide groups is 1. The maximum absolute atomic E-state index is 11.5. The van der Waals surface area contributed by atoms with Crippen molar-refractivity contribution in [1.82, 2.24) is 0 Å². The molecule has 5 nitrogen and oxygen atoms in total. The highest BCUT2D eigenvalue weighted by Gasteiger charge is 2.21. The van der Waals surface area contributed by atoms with Crippen molar-refractivity contribution in [3.63, 3.8) is 0 Å². The Morgan fingerprint density at radius 1 is 1.29 bits per heavy atom. The second-order valence-corrected chi connectivity index (χ2v) is 3.40. The van der Waals surface area contributed by atoms with E-state index < -0.39 is 11.3 Å². The fourth-order valence-electron chi connectivity index (χ4n) is 1.21. The predicted molar refractivity (Wildman–Crippen MR) is 66.9 cm³/mol. The summed E-state index contributed by atoms with van der Waals surface area (Å²) in [6.45, 7) is 1.85. The molecule has 1 rings (SSSR count). The van der Waals surface area contributed by atoms with Crippen LogP contribution in [0.4, 0.5) is 15.3 Å². The van der Waals surface area contributed by atoms with E-state index in [1.165, 1.54) is 7.11 Å². The van der Waals surface area contributed by atoms with Crippen molar-refractivity contribution in [2.24, 2.45) is 0 Å². The zero-order chi connectivity index (χ0) is 12.8. The summed E-state index contributed by atoms with van der Waals surface area (Å²) in [5.41, 5.74) is 0.379. The molecule has 0 aliphatic heterocycles. The van der Waals surface area contributed by atoms with E-state index in [-0.39, 0.29) is 6.61 Å². The van der Waals surface area contributed by atoms with Crippen LogP contribution in [0.3, 0.4) is 0 Å². The third-order valence-corrected chi connectivity index (χ3v) is 2.17. The molecule has 1 aromatic rings. The summed E-state index contributed by atoms with van der Waals surface area (Å²) in [5, 5.41) is -0.700. The molecule has 92 valence electrons. The van der Waals surface area contributed by atoms with Gasteiger partial charge in [0, 0.05) is 0 Å². The van der Waals surface area contributed by atoms with Gasteiger partial charge in [0.25, 0.3) is 5.24 Å². The van der Waals surface area contributed by atoms with E-state index in [1.54, 1.807) is 31.2 Å². The molecule has 0 saturated carbocycles. The lowest BCUT2D eigenvalue weighted by Crippen LogP contribution is -2.33. The number of anilines is 1. The third-order valence-electron chi connectivity index (χ3n) is 1.97. The first-order chi connectivity index (χ1) is 8.10. The Balaban J connectivity index is 2.97. The van der Waals surface area contributed by atoms with Crippen LogP contribution < -0.4 is 9.64 Å². The van der Waals surface area contributed by atoms with Crippen molar-refractivity contribution in [3.8, 4) is 5.75 Å². The van der Waals surface area contributed by atoms with E-state index in [2.05, 4.69) is 12.6 Å². The smallest absolute Gasteiger partial charge is 0.421 e. The van der Waals surface area contributed by atoms with Crippen LogP contribution in [0.1, 0.15) is 6.92 Å². The molecule has 0 aromatic heterocycles. The molecule has 0 unspecified atom stereocenters. The molecule has 0 bridgehead atoms. The quantitative estimate of drug-likeness (QED) is 0.844. The molecule has 0 atom stereocenters. The van der Waals surface area contributed by atoms with Crippen LogP contribution in [0.25, 0.3) is 0 Å². The minimum atomic E-state index is -0.752. The topological polar surface area (TPSA) is 55.8 Å². The van der Waals surface area contributed by atoms with Gasteiger partial charge in [-0.15, -0.1) is 0 Å². The second kappa shape index (κ2) is 6.15. The van der Waals surface area contributed by atoms with Gasteiger partial charge in [0.1, 0.15) is 5.75 Å². The van der Waals surface area contributed by atoms with Crippen LogP contribution in [0.2, 0.25) is 0 Å². The van der Waals surface area contributed by atoms with Crippen molar-refractivity contribution < 1.29 is 19.1 Å². The van der Waals surface area contributed by atoms with Gasteiger partial charge in [-0.1, -0.05) is 12.6 Å². The number of rotatable bonds is 3. The zero-order valence-electron chi connectivity index (χ0n) is 9.54. The molecule has 6 heteroatoms. The van der Waals surface area contributed by atoms with Crippen LogP contribution in [-0.2, 0) is 4.74 Å². The van der Waals surface area contributed by atoms with Gasteiger partial charge in [0.05, 0.1) is 19.4 Å². The van der Waals surface area contributed by atoms with Crippen molar-refractivity contribution in [1.29, 1.82) is 0 Å². The molecule has 1 aromatic carbocycles. The Morgan fingerprint density at radius 3 is 2.29 bits per heavy atom. The van der Waals surface area contributed by atoms with Crippen LogP contribution in [0.5, 0.6) is 5.75 Å².